The topological polar surface area (TPSA) is 94.0 Å². The van der Waals surface area contributed by atoms with Crippen molar-refractivity contribution in [3.63, 3.8) is 0 Å². The maximum atomic E-state index is 16.0. The van der Waals surface area contributed by atoms with E-state index in [4.69, 9.17) is 4.74 Å². The molecule has 1 amide bonds. The number of hydrogen-bond acceptors (Lipinski definition) is 6. The van der Waals surface area contributed by atoms with Crippen LogP contribution in [-0.4, -0.2) is 25.4 Å². The molecule has 3 aromatic heterocycles. The molecule has 39 heavy (non-hydrogen) atoms. The second-order valence-electron chi connectivity index (χ2n) is 9.07. The molecule has 1 aliphatic rings. The number of carbonyl (C=O) groups is 1. The number of ether oxygens (including phenoxy) is 1. The lowest BCUT2D eigenvalue weighted by Gasteiger charge is -2.16. The zero-order chi connectivity index (χ0) is 27.3. The first-order valence-corrected chi connectivity index (χ1v) is 12.1. The summed E-state index contributed by atoms with van der Waals surface area (Å²) >= 11 is 0. The summed E-state index contributed by atoms with van der Waals surface area (Å²) < 4.78 is 39.0. The summed E-state index contributed by atoms with van der Waals surface area (Å²) in [4.78, 5) is 24.8. The Hall–Kier alpha value is -5.12. The number of pyridine rings is 1. The number of carbonyl (C=O) groups excluding carboxylic acids is 1. The fourth-order valence-electron chi connectivity index (χ4n) is 4.87. The number of amides is 1. The predicted molar refractivity (Wildman–Crippen MR) is 144 cm³/mol. The molecule has 5 aromatic rings. The number of rotatable bonds is 5. The lowest BCUT2D eigenvalue weighted by molar-refractivity contribution is -0.111. The molecule has 8 nitrogen and oxygen atoms in total. The quantitative estimate of drug-likeness (QED) is 0.269. The van der Waals surface area contributed by atoms with Crippen molar-refractivity contribution in [1.29, 1.82) is 0 Å². The highest BCUT2D eigenvalue weighted by molar-refractivity contribution is 6.09. The van der Waals surface area contributed by atoms with Gasteiger partial charge in [0.25, 0.3) is 0 Å². The average molecular weight is 525 g/mol. The van der Waals surface area contributed by atoms with E-state index >= 15 is 8.78 Å². The van der Waals surface area contributed by atoms with Crippen LogP contribution in [0.1, 0.15) is 11.3 Å². The van der Waals surface area contributed by atoms with Gasteiger partial charge in [0, 0.05) is 42.2 Å². The van der Waals surface area contributed by atoms with Crippen LogP contribution in [0.5, 0.6) is 11.6 Å². The third-order valence-electron chi connectivity index (χ3n) is 6.63. The van der Waals surface area contributed by atoms with Crippen LogP contribution in [0.2, 0.25) is 0 Å². The molecule has 0 atom stereocenters. The van der Waals surface area contributed by atoms with E-state index < -0.39 is 17.4 Å². The van der Waals surface area contributed by atoms with Crippen molar-refractivity contribution in [2.75, 3.05) is 10.6 Å². The van der Waals surface area contributed by atoms with Gasteiger partial charge in [0.05, 0.1) is 11.1 Å². The Labute approximate surface area is 222 Å². The average Bonchev–Trinajstić information content (AvgIpc) is 3.13. The highest BCUT2D eigenvalue weighted by Gasteiger charge is 2.30. The largest absolute Gasteiger partial charge is 0.433 e. The molecule has 2 aromatic carbocycles. The van der Waals surface area contributed by atoms with E-state index in [1.165, 1.54) is 18.5 Å². The molecule has 194 valence electrons. The van der Waals surface area contributed by atoms with Gasteiger partial charge in [-0.3, -0.25) is 4.79 Å². The van der Waals surface area contributed by atoms with Gasteiger partial charge in [0.15, 0.2) is 11.6 Å². The number of anilines is 2. The minimum Gasteiger partial charge on any atom is -0.433 e. The maximum absolute atomic E-state index is 16.0. The summed E-state index contributed by atoms with van der Waals surface area (Å²) in [5, 5.41) is 6.54. The van der Waals surface area contributed by atoms with Crippen molar-refractivity contribution >= 4 is 28.4 Å². The summed E-state index contributed by atoms with van der Waals surface area (Å²) in [5.74, 6) is -1.95. The number of fused-ring (bicyclic) bond motifs is 2. The van der Waals surface area contributed by atoms with Gasteiger partial charge in [-0.05, 0) is 48.4 Å². The number of hydrogen-bond donors (Lipinski definition) is 2. The molecule has 0 unspecified atom stereocenters. The van der Waals surface area contributed by atoms with Crippen LogP contribution >= 0.6 is 0 Å². The smallest absolute Gasteiger partial charge is 0.247 e. The van der Waals surface area contributed by atoms with Crippen LogP contribution in [0.25, 0.3) is 33.4 Å². The molecule has 0 aliphatic carbocycles. The third kappa shape index (κ3) is 4.06. The molecule has 0 radical (unpaired) electrons. The fourth-order valence-corrected chi connectivity index (χ4v) is 4.87. The Morgan fingerprint density at radius 3 is 2.72 bits per heavy atom. The molecular weight excluding hydrogens is 502 g/mol. The van der Waals surface area contributed by atoms with Crippen LogP contribution in [0, 0.1) is 18.6 Å². The Morgan fingerprint density at radius 1 is 1.18 bits per heavy atom. The molecule has 0 bridgehead atoms. The normalized spacial score (nSPS) is 11.9. The number of nitrogens with zero attached hydrogens (tertiary/aromatic N) is 4. The van der Waals surface area contributed by atoms with Crippen molar-refractivity contribution in [3.8, 4) is 34.0 Å². The van der Waals surface area contributed by atoms with E-state index in [0.29, 0.717) is 45.1 Å². The first-order chi connectivity index (χ1) is 18.9. The monoisotopic (exact) mass is 524 g/mol. The summed E-state index contributed by atoms with van der Waals surface area (Å²) in [6, 6.07) is 13.4. The zero-order valence-electron chi connectivity index (χ0n) is 21.0. The minimum absolute atomic E-state index is 0.0511. The molecule has 0 fully saturated rings. The molecule has 4 heterocycles. The van der Waals surface area contributed by atoms with E-state index in [9.17, 15) is 4.79 Å². The van der Waals surface area contributed by atoms with E-state index in [1.54, 1.807) is 37.3 Å². The molecule has 6 rings (SSSR count). The van der Waals surface area contributed by atoms with Crippen LogP contribution in [0.15, 0.2) is 67.5 Å². The molecule has 0 saturated carbocycles. The minimum atomic E-state index is -0.861. The highest BCUT2D eigenvalue weighted by Crippen LogP contribution is 2.47. The molecule has 2 N–H and O–H groups in total. The fraction of sp³-hybridized carbons (Fsp3) is 0.103. The summed E-state index contributed by atoms with van der Waals surface area (Å²) in [6.45, 7) is 5.28. The SMILES string of the molecule is C=CC(=O)Nc1ccc(-c2c3c4c(ncnc4n2C)NCc2c-3cc(F)c(Oc3cccc(C)n3)c2F)cc1. The van der Waals surface area contributed by atoms with Gasteiger partial charge >= 0.3 is 0 Å². The Balaban J connectivity index is 1.55. The predicted octanol–water partition coefficient (Wildman–Crippen LogP) is 6.13. The van der Waals surface area contributed by atoms with Crippen molar-refractivity contribution in [3.05, 3.63) is 90.4 Å². The molecule has 10 heteroatoms. The highest BCUT2D eigenvalue weighted by atomic mass is 19.1. The number of halogens is 2. The second kappa shape index (κ2) is 9.32. The first kappa shape index (κ1) is 24.2. The number of aromatic nitrogens is 4. The van der Waals surface area contributed by atoms with Gasteiger partial charge in [0.2, 0.25) is 17.5 Å². The van der Waals surface area contributed by atoms with Gasteiger partial charge < -0.3 is 19.9 Å². The van der Waals surface area contributed by atoms with Crippen molar-refractivity contribution < 1.29 is 18.3 Å². The van der Waals surface area contributed by atoms with E-state index in [2.05, 4.69) is 32.2 Å². The van der Waals surface area contributed by atoms with Crippen LogP contribution in [0.3, 0.4) is 0 Å². The lowest BCUT2D eigenvalue weighted by atomic mass is 9.94. The number of benzene rings is 2. The molecule has 0 saturated heterocycles. The van der Waals surface area contributed by atoms with Crippen molar-refractivity contribution in [1.82, 2.24) is 19.5 Å². The van der Waals surface area contributed by atoms with Crippen LogP contribution < -0.4 is 15.4 Å². The third-order valence-corrected chi connectivity index (χ3v) is 6.63. The van der Waals surface area contributed by atoms with E-state index in [0.717, 1.165) is 5.56 Å². The zero-order valence-corrected chi connectivity index (χ0v) is 21.0. The van der Waals surface area contributed by atoms with Gasteiger partial charge in [0.1, 0.15) is 17.8 Å². The van der Waals surface area contributed by atoms with Crippen molar-refractivity contribution in [2.45, 2.75) is 13.5 Å². The lowest BCUT2D eigenvalue weighted by Crippen LogP contribution is -2.07. The van der Waals surface area contributed by atoms with Gasteiger partial charge in [-0.1, -0.05) is 24.8 Å². The Kier molecular flexibility index (Phi) is 5.79. The van der Waals surface area contributed by atoms with Crippen LogP contribution in [-0.2, 0) is 18.4 Å². The number of nitrogens with one attached hydrogen (secondary N) is 2. The van der Waals surface area contributed by atoms with Crippen LogP contribution in [0.4, 0.5) is 20.3 Å². The Morgan fingerprint density at radius 2 is 1.97 bits per heavy atom. The summed E-state index contributed by atoms with van der Waals surface area (Å²) in [5.41, 5.74) is 4.45. The number of aryl methyl sites for hydroxylation is 2. The van der Waals surface area contributed by atoms with E-state index in [-0.39, 0.29) is 23.9 Å². The maximum Gasteiger partial charge on any atom is 0.247 e. The van der Waals surface area contributed by atoms with E-state index in [1.807, 2.05) is 23.7 Å². The van der Waals surface area contributed by atoms with Gasteiger partial charge in [-0.15, -0.1) is 0 Å². The molecule has 1 aliphatic heterocycles. The molecule has 0 spiro atoms. The summed E-state index contributed by atoms with van der Waals surface area (Å²) in [6.07, 6.45) is 2.61. The van der Waals surface area contributed by atoms with Gasteiger partial charge in [-0.25, -0.2) is 23.7 Å². The summed E-state index contributed by atoms with van der Waals surface area (Å²) in [7, 11) is 1.83. The first-order valence-electron chi connectivity index (χ1n) is 12.1. The standard InChI is InChI=1S/C29H22F2N6O2/c1-4-21(38)36-17-10-8-16(9-11-17)26-23-18-12-20(30)27(39-22-7-5-6-15(2)35-22)25(31)19(18)13-32-28-24(23)29(37(26)3)34-14-33-28/h4-12,14H,1,13H2,2-3H3,(H,36,38)(H,32,33,34). The molecular formula is C29H22F2N6O2. The van der Waals surface area contributed by atoms with Crippen molar-refractivity contribution in [2.24, 2.45) is 7.05 Å². The Bertz CT molecular complexity index is 1800. The second-order valence-corrected chi connectivity index (χ2v) is 9.07. The van der Waals surface area contributed by atoms with Gasteiger partial charge in [-0.2, -0.15) is 0 Å².